The molecule has 0 aromatic rings. The number of carboxylic acid groups (broad SMARTS) is 1. The molecule has 0 spiro atoms. The number of hydrogen-bond acceptors (Lipinski definition) is 2. The van der Waals surface area contributed by atoms with Crippen LogP contribution < -0.4 is 0 Å². The van der Waals surface area contributed by atoms with E-state index in [-0.39, 0.29) is 5.78 Å². The van der Waals surface area contributed by atoms with Gasteiger partial charge in [0.1, 0.15) is 11.2 Å². The molecule has 3 nitrogen and oxygen atoms in total. The Bertz CT molecular complexity index is 298. The maximum atomic E-state index is 12.0. The van der Waals surface area contributed by atoms with Crippen LogP contribution in [0.2, 0.25) is 0 Å². The molecule has 0 amide bonds. The molecule has 0 aromatic carbocycles. The standard InChI is InChI=1S/C16H28O3/c1-2-3-4-5-6-7-9-12-16(15(18)19)13-10-8-11-14(16)17/h2-13H2,1H3,(H,18,19). The van der Waals surface area contributed by atoms with Gasteiger partial charge in [-0.05, 0) is 19.3 Å². The van der Waals surface area contributed by atoms with E-state index in [1.54, 1.807) is 0 Å². The van der Waals surface area contributed by atoms with Crippen molar-refractivity contribution in [3.05, 3.63) is 0 Å². The third kappa shape index (κ3) is 4.63. The number of unbranched alkanes of at least 4 members (excludes halogenated alkanes) is 6. The lowest BCUT2D eigenvalue weighted by atomic mass is 9.70. The molecule has 3 heteroatoms. The van der Waals surface area contributed by atoms with Crippen LogP contribution in [0.3, 0.4) is 0 Å². The van der Waals surface area contributed by atoms with Crippen molar-refractivity contribution < 1.29 is 14.7 Å². The van der Waals surface area contributed by atoms with E-state index in [1.807, 2.05) is 0 Å². The number of ketones is 1. The fourth-order valence-corrected chi connectivity index (χ4v) is 3.07. The van der Waals surface area contributed by atoms with Gasteiger partial charge < -0.3 is 5.11 Å². The van der Waals surface area contributed by atoms with E-state index in [2.05, 4.69) is 6.92 Å². The Kier molecular flexibility index (Phi) is 7.11. The molecule has 1 unspecified atom stereocenters. The molecule has 0 heterocycles. The van der Waals surface area contributed by atoms with Gasteiger partial charge in [0.05, 0.1) is 0 Å². The summed E-state index contributed by atoms with van der Waals surface area (Å²) in [6, 6.07) is 0. The SMILES string of the molecule is CCCCCCCCCC1(C(=O)O)CCCCC1=O. The second-order valence-corrected chi connectivity index (χ2v) is 5.89. The molecule has 1 N–H and O–H groups in total. The molecular formula is C16H28O3. The first-order valence-corrected chi connectivity index (χ1v) is 7.90. The van der Waals surface area contributed by atoms with Gasteiger partial charge >= 0.3 is 5.97 Å². The van der Waals surface area contributed by atoms with E-state index >= 15 is 0 Å². The molecule has 1 aliphatic rings. The summed E-state index contributed by atoms with van der Waals surface area (Å²) in [5.74, 6) is -0.916. The molecule has 1 rings (SSSR count). The Hall–Kier alpha value is -0.860. The lowest BCUT2D eigenvalue weighted by molar-refractivity contribution is -0.157. The number of Topliss-reactive ketones (excluding diaryl/α,β-unsaturated/α-hetero) is 1. The summed E-state index contributed by atoms with van der Waals surface area (Å²) in [5.41, 5.74) is -1.04. The van der Waals surface area contributed by atoms with Crippen LogP contribution in [-0.4, -0.2) is 16.9 Å². The summed E-state index contributed by atoms with van der Waals surface area (Å²) in [6.07, 6.45) is 11.5. The van der Waals surface area contributed by atoms with Crippen LogP contribution >= 0.6 is 0 Å². The van der Waals surface area contributed by atoms with Crippen molar-refractivity contribution in [1.29, 1.82) is 0 Å². The van der Waals surface area contributed by atoms with Crippen molar-refractivity contribution in [3.8, 4) is 0 Å². The van der Waals surface area contributed by atoms with Crippen molar-refractivity contribution in [3.63, 3.8) is 0 Å². The number of hydrogen-bond donors (Lipinski definition) is 1. The number of carbonyl (C=O) groups is 2. The fraction of sp³-hybridized carbons (Fsp3) is 0.875. The molecular weight excluding hydrogens is 240 g/mol. The minimum atomic E-state index is -1.04. The molecule has 1 fully saturated rings. The van der Waals surface area contributed by atoms with Gasteiger partial charge in [-0.2, -0.15) is 0 Å². The second-order valence-electron chi connectivity index (χ2n) is 5.89. The fourth-order valence-electron chi connectivity index (χ4n) is 3.07. The zero-order valence-electron chi connectivity index (χ0n) is 12.2. The van der Waals surface area contributed by atoms with Gasteiger partial charge in [0, 0.05) is 6.42 Å². The van der Waals surface area contributed by atoms with Crippen LogP contribution in [-0.2, 0) is 9.59 Å². The maximum absolute atomic E-state index is 12.0. The zero-order valence-corrected chi connectivity index (χ0v) is 12.2. The van der Waals surface area contributed by atoms with E-state index in [1.165, 1.54) is 32.1 Å². The van der Waals surface area contributed by atoms with Crippen LogP contribution in [0.4, 0.5) is 0 Å². The van der Waals surface area contributed by atoms with Crippen LogP contribution in [0.15, 0.2) is 0 Å². The Morgan fingerprint density at radius 2 is 1.74 bits per heavy atom. The maximum Gasteiger partial charge on any atom is 0.317 e. The lowest BCUT2D eigenvalue weighted by Crippen LogP contribution is -2.41. The summed E-state index contributed by atoms with van der Waals surface area (Å²) >= 11 is 0. The summed E-state index contributed by atoms with van der Waals surface area (Å²) < 4.78 is 0. The van der Waals surface area contributed by atoms with Gasteiger partial charge in [-0.1, -0.05) is 58.3 Å². The monoisotopic (exact) mass is 268 g/mol. The lowest BCUT2D eigenvalue weighted by Gasteiger charge is -2.31. The molecule has 0 aliphatic heterocycles. The normalized spacial score (nSPS) is 23.5. The Morgan fingerprint density at radius 1 is 1.11 bits per heavy atom. The number of aliphatic carboxylic acids is 1. The van der Waals surface area contributed by atoms with Gasteiger partial charge in [-0.15, -0.1) is 0 Å². The largest absolute Gasteiger partial charge is 0.480 e. The minimum absolute atomic E-state index is 0.0303. The smallest absolute Gasteiger partial charge is 0.317 e. The molecule has 1 atom stereocenters. The molecule has 0 saturated heterocycles. The predicted molar refractivity (Wildman–Crippen MR) is 76.2 cm³/mol. The highest BCUT2D eigenvalue weighted by Crippen LogP contribution is 2.38. The third-order valence-corrected chi connectivity index (χ3v) is 4.41. The summed E-state index contributed by atoms with van der Waals surface area (Å²) in [5, 5.41) is 9.41. The predicted octanol–water partition coefficient (Wildman–Crippen LogP) is 4.34. The van der Waals surface area contributed by atoms with Gasteiger partial charge in [0.2, 0.25) is 0 Å². The topological polar surface area (TPSA) is 54.4 Å². The molecule has 1 aliphatic carbocycles. The summed E-state index contributed by atoms with van der Waals surface area (Å²) in [7, 11) is 0. The Balaban J connectivity index is 2.30. The zero-order chi connectivity index (χ0) is 14.1. The van der Waals surface area contributed by atoms with E-state index in [4.69, 9.17) is 0 Å². The number of carbonyl (C=O) groups excluding carboxylic acids is 1. The third-order valence-electron chi connectivity index (χ3n) is 4.41. The van der Waals surface area contributed by atoms with E-state index in [9.17, 15) is 14.7 Å². The van der Waals surface area contributed by atoms with E-state index < -0.39 is 11.4 Å². The quantitative estimate of drug-likeness (QED) is 0.500. The second kappa shape index (κ2) is 8.34. The van der Waals surface area contributed by atoms with Gasteiger partial charge in [-0.3, -0.25) is 9.59 Å². The van der Waals surface area contributed by atoms with Crippen LogP contribution in [0, 0.1) is 5.41 Å². The average Bonchev–Trinajstić information content (AvgIpc) is 2.39. The highest BCUT2D eigenvalue weighted by molar-refractivity contribution is 6.03. The van der Waals surface area contributed by atoms with Crippen LogP contribution in [0.25, 0.3) is 0 Å². The van der Waals surface area contributed by atoms with Crippen molar-refractivity contribution in [2.24, 2.45) is 5.41 Å². The Morgan fingerprint density at radius 3 is 2.32 bits per heavy atom. The highest BCUT2D eigenvalue weighted by Gasteiger charge is 2.45. The summed E-state index contributed by atoms with van der Waals surface area (Å²) in [4.78, 5) is 23.5. The van der Waals surface area contributed by atoms with Gasteiger partial charge in [0.15, 0.2) is 0 Å². The van der Waals surface area contributed by atoms with Gasteiger partial charge in [0.25, 0.3) is 0 Å². The first kappa shape index (κ1) is 16.2. The first-order valence-electron chi connectivity index (χ1n) is 7.90. The van der Waals surface area contributed by atoms with Gasteiger partial charge in [-0.25, -0.2) is 0 Å². The van der Waals surface area contributed by atoms with Crippen molar-refractivity contribution in [1.82, 2.24) is 0 Å². The highest BCUT2D eigenvalue weighted by atomic mass is 16.4. The van der Waals surface area contributed by atoms with Crippen LogP contribution in [0.5, 0.6) is 0 Å². The number of rotatable bonds is 9. The van der Waals surface area contributed by atoms with E-state index in [0.29, 0.717) is 19.3 Å². The van der Waals surface area contributed by atoms with Crippen molar-refractivity contribution >= 4 is 11.8 Å². The molecule has 0 radical (unpaired) electrons. The van der Waals surface area contributed by atoms with Crippen molar-refractivity contribution in [2.45, 2.75) is 84.0 Å². The minimum Gasteiger partial charge on any atom is -0.480 e. The molecule has 19 heavy (non-hydrogen) atoms. The van der Waals surface area contributed by atoms with Crippen molar-refractivity contribution in [2.75, 3.05) is 0 Å². The van der Waals surface area contributed by atoms with Crippen LogP contribution in [0.1, 0.15) is 84.0 Å². The average molecular weight is 268 g/mol. The van der Waals surface area contributed by atoms with E-state index in [0.717, 1.165) is 25.7 Å². The molecule has 1 saturated carbocycles. The first-order chi connectivity index (χ1) is 9.13. The molecule has 0 aromatic heterocycles. The summed E-state index contributed by atoms with van der Waals surface area (Å²) in [6.45, 7) is 2.20. The molecule has 0 bridgehead atoms. The number of carboxylic acids is 1. The molecule has 110 valence electrons. The Labute approximate surface area is 116 Å².